The van der Waals surface area contributed by atoms with Gasteiger partial charge >= 0.3 is 0 Å². The van der Waals surface area contributed by atoms with E-state index in [1.807, 2.05) is 73.6 Å². The van der Waals surface area contributed by atoms with Gasteiger partial charge in [0.25, 0.3) is 12.9 Å². The Bertz CT molecular complexity index is 3770. The van der Waals surface area contributed by atoms with Gasteiger partial charge in [-0.15, -0.1) is 0 Å². The number of nitrogens with one attached hydrogen (secondary N) is 3. The smallest absolute Gasteiger partial charge is 0.296 e. The van der Waals surface area contributed by atoms with Crippen molar-refractivity contribution in [3.8, 4) is 34.2 Å². The molecule has 0 bridgehead atoms. The number of H-pyrrole nitrogens is 1. The van der Waals surface area contributed by atoms with Crippen molar-refractivity contribution in [2.75, 3.05) is 73.0 Å². The SMILES string of the molecule is CC(C)(Cc1ccccc1-c1cn[nH]c1)Nc1nc(N2CCOCC2)nc(-n2c(C(F)F)nc3ccccc32)n1.Cn1cc(-c2ccccc2CC(C)(C)Nc2nc(N3CCOCC3)nc(-n3c(C(F)F)nc4ccccc43)n2)cn1. The minimum absolute atomic E-state index is 0.0811. The first-order valence-electron chi connectivity index (χ1n) is 26.5. The summed E-state index contributed by atoms with van der Waals surface area (Å²) in [5, 5.41) is 18.2. The number of nitrogens with zero attached hydrogens (tertiary/aromatic N) is 15. The summed E-state index contributed by atoms with van der Waals surface area (Å²) >= 11 is 0. The molecule has 2 aliphatic rings. The number of rotatable bonds is 16. The van der Waals surface area contributed by atoms with Crippen LogP contribution in [0.15, 0.2) is 122 Å². The molecule has 0 spiro atoms. The van der Waals surface area contributed by atoms with E-state index in [4.69, 9.17) is 19.4 Å². The molecule has 81 heavy (non-hydrogen) atoms. The second-order valence-corrected chi connectivity index (χ2v) is 21.0. The monoisotopic (exact) mass is 1100 g/mol. The van der Waals surface area contributed by atoms with Crippen molar-refractivity contribution in [3.05, 3.63) is 145 Å². The van der Waals surface area contributed by atoms with Crippen LogP contribution in [-0.4, -0.2) is 133 Å². The van der Waals surface area contributed by atoms with E-state index in [0.717, 1.165) is 33.4 Å². The molecular formula is C57H60F4N18O2. The predicted octanol–water partition coefficient (Wildman–Crippen LogP) is 9.63. The largest absolute Gasteiger partial charge is 0.378 e. The maximum atomic E-state index is 14.2. The third-order valence-corrected chi connectivity index (χ3v) is 13.8. The lowest BCUT2D eigenvalue weighted by atomic mass is 9.90. The number of halogens is 4. The summed E-state index contributed by atoms with van der Waals surface area (Å²) in [6.45, 7) is 12.6. The fraction of sp³-hybridized carbons (Fsp3) is 0.333. The maximum absolute atomic E-state index is 14.2. The number of morpholine rings is 2. The third kappa shape index (κ3) is 12.2. The highest BCUT2D eigenvalue weighted by molar-refractivity contribution is 5.79. The second kappa shape index (κ2) is 23.1. The number of hydrogen-bond donors (Lipinski definition) is 3. The fourth-order valence-corrected chi connectivity index (χ4v) is 10.1. The van der Waals surface area contributed by atoms with Crippen LogP contribution in [0.25, 0.3) is 56.2 Å². The molecule has 12 rings (SSSR count). The molecule has 2 aliphatic heterocycles. The fourth-order valence-electron chi connectivity index (χ4n) is 10.1. The van der Waals surface area contributed by atoms with Crippen LogP contribution in [0.3, 0.4) is 0 Å². The van der Waals surface area contributed by atoms with Gasteiger partial charge in [0, 0.05) is 67.8 Å². The summed E-state index contributed by atoms with van der Waals surface area (Å²) in [6.07, 6.45) is 3.14. The molecule has 0 radical (unpaired) electrons. The molecule has 0 atom stereocenters. The number of aryl methyl sites for hydroxylation is 1. The summed E-state index contributed by atoms with van der Waals surface area (Å²) < 4.78 is 72.2. The number of ether oxygens (including phenoxy) is 2. The van der Waals surface area contributed by atoms with Crippen molar-refractivity contribution in [3.63, 3.8) is 0 Å². The Morgan fingerprint density at radius 2 is 0.963 bits per heavy atom. The summed E-state index contributed by atoms with van der Waals surface area (Å²) in [5.74, 6) is 0.694. The summed E-state index contributed by atoms with van der Waals surface area (Å²) in [4.78, 5) is 40.4. The molecule has 2 saturated heterocycles. The third-order valence-electron chi connectivity index (χ3n) is 13.8. The van der Waals surface area contributed by atoms with E-state index in [0.29, 0.717) is 105 Å². The van der Waals surface area contributed by atoms with E-state index in [1.54, 1.807) is 59.4 Å². The molecule has 0 saturated carbocycles. The van der Waals surface area contributed by atoms with Crippen LogP contribution in [-0.2, 0) is 29.4 Å². The number of hydrogen-bond acceptors (Lipinski definition) is 16. The first kappa shape index (κ1) is 54.1. The molecule has 2 fully saturated rings. The Labute approximate surface area is 463 Å². The topological polar surface area (TPSA) is 208 Å². The molecule has 8 heterocycles. The van der Waals surface area contributed by atoms with Gasteiger partial charge in [-0.3, -0.25) is 18.9 Å². The highest BCUT2D eigenvalue weighted by atomic mass is 19.3. The van der Waals surface area contributed by atoms with Gasteiger partial charge in [0.1, 0.15) is 0 Å². The standard InChI is InChI=1S/C29H31F2N9O.C28H29F2N9O/c1-29(2,16-19-8-4-5-9-21(19)20-17-32-38(3)18-20)37-26-34-27(39-12-14-41-15-13-39)36-28(35-26)40-23-11-7-6-10-22(23)33-25(40)24(30)31;1-28(2,15-18-7-3-4-8-20(18)19-16-31-32-17-19)37-25-34-26(38-11-13-40-14-12-38)36-27(35-25)39-22-10-6-5-9-21(22)33-24(39)23(29)30/h4-11,17-18,24H,12-16H2,1-3H3,(H,34,35,36,37);3-10,16-17,23H,11-15H2,1-2H3,(H,31,32)(H,34,35,36,37). The highest BCUT2D eigenvalue weighted by Gasteiger charge is 2.30. The van der Waals surface area contributed by atoms with Gasteiger partial charge in [-0.05, 0) is 87.1 Å². The van der Waals surface area contributed by atoms with E-state index in [9.17, 15) is 17.6 Å². The maximum Gasteiger partial charge on any atom is 0.296 e. The van der Waals surface area contributed by atoms with Crippen molar-refractivity contribution >= 4 is 45.9 Å². The highest BCUT2D eigenvalue weighted by Crippen LogP contribution is 2.33. The molecule has 6 aromatic heterocycles. The van der Waals surface area contributed by atoms with Crippen LogP contribution in [0.4, 0.5) is 41.4 Å². The number of benzene rings is 4. The van der Waals surface area contributed by atoms with Gasteiger partial charge in [-0.1, -0.05) is 72.8 Å². The summed E-state index contributed by atoms with van der Waals surface area (Å²) in [5.41, 5.74) is 7.28. The number of aromatic nitrogens is 14. The van der Waals surface area contributed by atoms with E-state index >= 15 is 0 Å². The van der Waals surface area contributed by atoms with Crippen LogP contribution in [0, 0.1) is 0 Å². The first-order chi connectivity index (χ1) is 39.1. The van der Waals surface area contributed by atoms with E-state index in [-0.39, 0.29) is 17.8 Å². The molecular weight excluding hydrogens is 1040 g/mol. The zero-order chi connectivity index (χ0) is 56.3. The predicted molar refractivity (Wildman–Crippen MR) is 300 cm³/mol. The van der Waals surface area contributed by atoms with E-state index in [1.165, 1.54) is 9.13 Å². The number of imidazole rings is 2. The summed E-state index contributed by atoms with van der Waals surface area (Å²) in [7, 11) is 1.89. The Balaban J connectivity index is 0.000000170. The molecule has 418 valence electrons. The van der Waals surface area contributed by atoms with Gasteiger partial charge in [0.2, 0.25) is 35.7 Å². The Hall–Kier alpha value is -8.90. The average Bonchev–Trinajstić information content (AvgIpc) is 4.48. The lowest BCUT2D eigenvalue weighted by Gasteiger charge is -2.30. The Morgan fingerprint density at radius 3 is 1.40 bits per heavy atom. The molecule has 4 aromatic carbocycles. The van der Waals surface area contributed by atoms with Crippen molar-refractivity contribution in [1.82, 2.24) is 69.0 Å². The molecule has 0 aliphatic carbocycles. The molecule has 3 N–H and O–H groups in total. The normalized spacial score (nSPS) is 14.3. The Morgan fingerprint density at radius 1 is 0.531 bits per heavy atom. The quantitative estimate of drug-likeness (QED) is 0.0770. The number of para-hydroxylation sites is 4. The van der Waals surface area contributed by atoms with Crippen LogP contribution in [0.1, 0.15) is 63.3 Å². The van der Waals surface area contributed by atoms with E-state index in [2.05, 4.69) is 93.9 Å². The van der Waals surface area contributed by atoms with Gasteiger partial charge in [0.05, 0.1) is 60.9 Å². The first-order valence-corrected chi connectivity index (χ1v) is 26.5. The number of anilines is 4. The molecule has 10 aromatic rings. The number of alkyl halides is 4. The van der Waals surface area contributed by atoms with Gasteiger partial charge in [-0.2, -0.15) is 40.1 Å². The van der Waals surface area contributed by atoms with Gasteiger partial charge < -0.3 is 29.9 Å². The zero-order valence-corrected chi connectivity index (χ0v) is 45.3. The van der Waals surface area contributed by atoms with Gasteiger partial charge in [0.15, 0.2) is 11.6 Å². The Kier molecular flexibility index (Phi) is 15.4. The van der Waals surface area contributed by atoms with Gasteiger partial charge in [-0.25, -0.2) is 27.5 Å². The van der Waals surface area contributed by atoms with Crippen LogP contribution >= 0.6 is 0 Å². The van der Waals surface area contributed by atoms with Crippen molar-refractivity contribution in [2.45, 2.75) is 64.5 Å². The summed E-state index contributed by atoms with van der Waals surface area (Å²) in [6, 6.07) is 30.3. The van der Waals surface area contributed by atoms with Crippen molar-refractivity contribution in [1.29, 1.82) is 0 Å². The average molecular weight is 1110 g/mol. The number of fused-ring (bicyclic) bond motifs is 2. The van der Waals surface area contributed by atoms with Crippen LogP contribution in [0.5, 0.6) is 0 Å². The lowest BCUT2D eigenvalue weighted by Crippen LogP contribution is -2.39. The molecule has 24 heteroatoms. The van der Waals surface area contributed by atoms with Crippen molar-refractivity contribution in [2.24, 2.45) is 7.05 Å². The lowest BCUT2D eigenvalue weighted by molar-refractivity contribution is 0.122. The van der Waals surface area contributed by atoms with E-state index < -0.39 is 35.6 Å². The molecule has 0 unspecified atom stereocenters. The second-order valence-electron chi connectivity index (χ2n) is 21.0. The zero-order valence-electron chi connectivity index (χ0n) is 45.3. The van der Waals surface area contributed by atoms with Crippen molar-refractivity contribution < 1.29 is 27.0 Å². The van der Waals surface area contributed by atoms with Crippen LogP contribution in [0.2, 0.25) is 0 Å². The number of aromatic amines is 1. The minimum atomic E-state index is -2.82. The molecule has 20 nitrogen and oxygen atoms in total. The van der Waals surface area contributed by atoms with Crippen LogP contribution < -0.4 is 20.4 Å². The molecule has 0 amide bonds. The minimum Gasteiger partial charge on any atom is -0.378 e.